The number of carboxylic acid groups (broad SMARTS) is 1. The van der Waals surface area contributed by atoms with E-state index in [4.69, 9.17) is 9.72 Å². The molecule has 5 nitrogen and oxygen atoms in total. The molecule has 2 aromatic carbocycles. The number of aliphatic carboxylic acids is 1. The highest BCUT2D eigenvalue weighted by Crippen LogP contribution is 2.38. The van der Waals surface area contributed by atoms with E-state index in [0.29, 0.717) is 22.9 Å². The van der Waals surface area contributed by atoms with Crippen LogP contribution in [0.4, 0.5) is 13.2 Å². The minimum Gasteiger partial charge on any atom is -0.493 e. The van der Waals surface area contributed by atoms with Gasteiger partial charge in [-0.15, -0.1) is 11.3 Å². The molecule has 0 aliphatic heterocycles. The Morgan fingerprint density at radius 3 is 2.43 bits per heavy atom. The number of hydrogen-bond donors (Lipinski definition) is 1. The molecule has 0 radical (unpaired) electrons. The second kappa shape index (κ2) is 10.6. The van der Waals surface area contributed by atoms with Crippen LogP contribution < -0.4 is 4.74 Å². The van der Waals surface area contributed by atoms with E-state index in [0.717, 1.165) is 45.7 Å². The molecule has 9 heteroatoms. The van der Waals surface area contributed by atoms with E-state index in [1.54, 1.807) is 0 Å². The van der Waals surface area contributed by atoms with E-state index in [9.17, 15) is 23.1 Å². The van der Waals surface area contributed by atoms with E-state index < -0.39 is 17.7 Å². The van der Waals surface area contributed by atoms with E-state index in [2.05, 4.69) is 0 Å². The first-order valence-corrected chi connectivity index (χ1v) is 12.9. The van der Waals surface area contributed by atoms with Gasteiger partial charge in [-0.05, 0) is 48.7 Å². The Kier molecular flexibility index (Phi) is 7.64. The van der Waals surface area contributed by atoms with Crippen molar-refractivity contribution >= 4 is 28.2 Å². The molecule has 0 fully saturated rings. The molecule has 2 aromatic heterocycles. The van der Waals surface area contributed by atoms with Crippen molar-refractivity contribution in [3.8, 4) is 16.3 Å². The zero-order valence-corrected chi connectivity index (χ0v) is 21.9. The Balaban J connectivity index is 1.56. The van der Waals surface area contributed by atoms with Crippen LogP contribution in [0.25, 0.3) is 21.5 Å². The van der Waals surface area contributed by atoms with Crippen LogP contribution in [0.1, 0.15) is 61.2 Å². The standard InChI is InChI=1S/C28H29F3N2O3S/c1-5-33-14-19(12-24(34)35)22-13-21(10-11-23(22)33)36-15-17(4)26-25(16(2)3)32-27(37-26)18-6-8-20(9-7-18)28(29,30)31/h6-11,13-14,16-17H,5,12,15H2,1-4H3,(H,34,35). The fourth-order valence-corrected chi connectivity index (χ4v) is 5.60. The molecule has 1 N–H and O–H groups in total. The molecule has 4 rings (SSSR count). The molecule has 196 valence electrons. The summed E-state index contributed by atoms with van der Waals surface area (Å²) in [7, 11) is 0. The third-order valence-corrected chi connectivity index (χ3v) is 7.60. The molecular formula is C28H29F3N2O3S. The molecule has 0 bridgehead atoms. The lowest BCUT2D eigenvalue weighted by Gasteiger charge is -2.15. The summed E-state index contributed by atoms with van der Waals surface area (Å²) in [5.41, 5.74) is 2.58. The van der Waals surface area contributed by atoms with Crippen molar-refractivity contribution in [3.05, 3.63) is 70.4 Å². The van der Waals surface area contributed by atoms with Gasteiger partial charge < -0.3 is 14.4 Å². The number of thiazole rings is 1. The summed E-state index contributed by atoms with van der Waals surface area (Å²) in [5.74, 6) is -0.100. The molecule has 2 heterocycles. The maximum atomic E-state index is 13.0. The van der Waals surface area contributed by atoms with Crippen LogP contribution in [0.2, 0.25) is 0 Å². The first kappa shape index (κ1) is 26.7. The molecule has 1 unspecified atom stereocenters. The predicted molar refractivity (Wildman–Crippen MR) is 140 cm³/mol. The van der Waals surface area contributed by atoms with Gasteiger partial charge in [-0.1, -0.05) is 32.9 Å². The Morgan fingerprint density at radius 2 is 1.84 bits per heavy atom. The van der Waals surface area contributed by atoms with Gasteiger partial charge in [-0.25, -0.2) is 4.98 Å². The number of ether oxygens (including phenoxy) is 1. The smallest absolute Gasteiger partial charge is 0.416 e. The number of aryl methyl sites for hydroxylation is 1. The van der Waals surface area contributed by atoms with Crippen molar-refractivity contribution in [1.82, 2.24) is 9.55 Å². The lowest BCUT2D eigenvalue weighted by atomic mass is 10.0. The highest BCUT2D eigenvalue weighted by atomic mass is 32.1. The SMILES string of the molecule is CCn1cc(CC(=O)O)c2cc(OCC(C)c3sc(-c4ccc(C(F)(F)F)cc4)nc3C(C)C)ccc21. The van der Waals surface area contributed by atoms with Crippen molar-refractivity contribution in [2.75, 3.05) is 6.61 Å². The lowest BCUT2D eigenvalue weighted by Crippen LogP contribution is -2.08. The van der Waals surface area contributed by atoms with E-state index >= 15 is 0 Å². The number of aromatic nitrogens is 2. The van der Waals surface area contributed by atoms with Crippen LogP contribution in [0.15, 0.2) is 48.7 Å². The molecule has 0 spiro atoms. The number of benzene rings is 2. The van der Waals surface area contributed by atoms with Gasteiger partial charge in [0.1, 0.15) is 10.8 Å². The van der Waals surface area contributed by atoms with Crippen LogP contribution in [0.5, 0.6) is 5.75 Å². The van der Waals surface area contributed by atoms with E-state index in [1.165, 1.54) is 23.5 Å². The number of hydrogen-bond acceptors (Lipinski definition) is 4. The maximum Gasteiger partial charge on any atom is 0.416 e. The second-order valence-corrected chi connectivity index (χ2v) is 10.4. The summed E-state index contributed by atoms with van der Waals surface area (Å²) in [6.07, 6.45) is -2.56. The Morgan fingerprint density at radius 1 is 1.14 bits per heavy atom. The van der Waals surface area contributed by atoms with E-state index in [1.807, 2.05) is 56.7 Å². The molecule has 0 saturated carbocycles. The fraction of sp³-hybridized carbons (Fsp3) is 0.357. The molecule has 0 amide bonds. The van der Waals surface area contributed by atoms with Crippen molar-refractivity contribution < 1.29 is 27.8 Å². The van der Waals surface area contributed by atoms with Gasteiger partial charge in [0.15, 0.2) is 0 Å². The predicted octanol–water partition coefficient (Wildman–Crippen LogP) is 7.74. The number of halogens is 3. The van der Waals surface area contributed by atoms with Crippen molar-refractivity contribution in [1.29, 1.82) is 0 Å². The number of fused-ring (bicyclic) bond motifs is 1. The first-order chi connectivity index (χ1) is 17.5. The summed E-state index contributed by atoms with van der Waals surface area (Å²) >= 11 is 1.47. The lowest BCUT2D eigenvalue weighted by molar-refractivity contribution is -0.138. The second-order valence-electron chi connectivity index (χ2n) is 9.40. The van der Waals surface area contributed by atoms with Gasteiger partial charge in [-0.3, -0.25) is 4.79 Å². The fourth-order valence-electron chi connectivity index (χ4n) is 4.34. The van der Waals surface area contributed by atoms with Crippen LogP contribution >= 0.6 is 11.3 Å². The number of carbonyl (C=O) groups is 1. The maximum absolute atomic E-state index is 13.0. The molecule has 0 aliphatic rings. The highest BCUT2D eigenvalue weighted by molar-refractivity contribution is 7.15. The van der Waals surface area contributed by atoms with Gasteiger partial charge in [0.25, 0.3) is 0 Å². The van der Waals surface area contributed by atoms with Gasteiger partial charge in [0, 0.05) is 40.0 Å². The Bertz CT molecular complexity index is 1400. The molecule has 1 atom stereocenters. The summed E-state index contributed by atoms with van der Waals surface area (Å²) in [5, 5.41) is 10.8. The van der Waals surface area contributed by atoms with Crippen molar-refractivity contribution in [2.24, 2.45) is 0 Å². The average molecular weight is 531 g/mol. The number of rotatable bonds is 9. The summed E-state index contributed by atoms with van der Waals surface area (Å²) in [4.78, 5) is 17.1. The monoisotopic (exact) mass is 530 g/mol. The zero-order valence-electron chi connectivity index (χ0n) is 21.1. The number of alkyl halides is 3. The molecular weight excluding hydrogens is 501 g/mol. The zero-order chi connectivity index (χ0) is 26.9. The number of nitrogens with zero attached hydrogens (tertiary/aromatic N) is 2. The molecule has 37 heavy (non-hydrogen) atoms. The van der Waals surface area contributed by atoms with Crippen LogP contribution in [-0.4, -0.2) is 27.2 Å². The molecule has 0 saturated heterocycles. The van der Waals surface area contributed by atoms with Crippen molar-refractivity contribution in [3.63, 3.8) is 0 Å². The average Bonchev–Trinajstić information content (AvgIpc) is 3.44. The van der Waals surface area contributed by atoms with Gasteiger partial charge in [0.2, 0.25) is 0 Å². The summed E-state index contributed by atoms with van der Waals surface area (Å²) in [6.45, 7) is 9.24. The summed E-state index contributed by atoms with van der Waals surface area (Å²) in [6, 6.07) is 10.8. The quantitative estimate of drug-likeness (QED) is 0.240. The topological polar surface area (TPSA) is 64.4 Å². The highest BCUT2D eigenvalue weighted by Gasteiger charge is 2.30. The Labute approximate surface area is 217 Å². The van der Waals surface area contributed by atoms with Crippen LogP contribution in [0, 0.1) is 0 Å². The Hall–Kier alpha value is -3.33. The third kappa shape index (κ3) is 5.82. The van der Waals surface area contributed by atoms with Gasteiger partial charge >= 0.3 is 12.1 Å². The van der Waals surface area contributed by atoms with Crippen molar-refractivity contribution in [2.45, 2.75) is 58.7 Å². The van der Waals surface area contributed by atoms with Gasteiger partial charge in [-0.2, -0.15) is 13.2 Å². The largest absolute Gasteiger partial charge is 0.493 e. The minimum atomic E-state index is -4.38. The normalized spacial score (nSPS) is 12.9. The van der Waals surface area contributed by atoms with Crippen LogP contribution in [0.3, 0.4) is 0 Å². The van der Waals surface area contributed by atoms with Crippen LogP contribution in [-0.2, 0) is 23.9 Å². The summed E-state index contributed by atoms with van der Waals surface area (Å²) < 4.78 is 47.0. The molecule has 0 aliphatic carbocycles. The number of carboxylic acids is 1. The van der Waals surface area contributed by atoms with E-state index in [-0.39, 0.29) is 18.3 Å². The first-order valence-electron chi connectivity index (χ1n) is 12.1. The minimum absolute atomic E-state index is 0.00692. The van der Waals surface area contributed by atoms with Gasteiger partial charge in [0.05, 0.1) is 24.3 Å². The third-order valence-electron chi connectivity index (χ3n) is 6.25. The molecule has 4 aromatic rings.